The van der Waals surface area contributed by atoms with Gasteiger partial charge in [0.2, 0.25) is 0 Å². The van der Waals surface area contributed by atoms with E-state index in [0.717, 1.165) is 15.8 Å². The third-order valence-corrected chi connectivity index (χ3v) is 3.04. The van der Waals surface area contributed by atoms with Crippen LogP contribution in [0.4, 0.5) is 0 Å². The number of para-hydroxylation sites is 1. The monoisotopic (exact) mass is 240 g/mol. The number of alkyl halides is 1. The van der Waals surface area contributed by atoms with Gasteiger partial charge in [-0.15, -0.1) is 21.8 Å². The van der Waals surface area contributed by atoms with Crippen LogP contribution in [0.3, 0.4) is 0 Å². The van der Waals surface area contributed by atoms with Gasteiger partial charge in [0.25, 0.3) is 0 Å². The van der Waals surface area contributed by atoms with Crippen molar-refractivity contribution < 1.29 is 4.74 Å². The first kappa shape index (κ1) is 10.4. The molecule has 0 fully saturated rings. The molecule has 0 saturated heterocycles. The quantitative estimate of drug-likeness (QED) is 0.771. The molecule has 1 heterocycles. The molecule has 3 nitrogen and oxygen atoms in total. The molecule has 0 bridgehead atoms. The van der Waals surface area contributed by atoms with E-state index in [4.69, 9.17) is 16.3 Å². The molecule has 78 valence electrons. The van der Waals surface area contributed by atoms with Gasteiger partial charge in [-0.1, -0.05) is 29.5 Å². The summed E-state index contributed by atoms with van der Waals surface area (Å²) in [5.74, 6) is 1.24. The van der Waals surface area contributed by atoms with E-state index in [1.54, 1.807) is 0 Å². The molecule has 0 amide bonds. The Bertz CT molecular complexity index is 418. The first-order chi connectivity index (χ1) is 7.38. The van der Waals surface area contributed by atoms with Crippen LogP contribution in [0, 0.1) is 0 Å². The third-order valence-electron chi connectivity index (χ3n) is 1.73. The van der Waals surface area contributed by atoms with Crippen molar-refractivity contribution in [1.82, 2.24) is 10.2 Å². The summed E-state index contributed by atoms with van der Waals surface area (Å²) in [5.41, 5.74) is 0. The summed E-state index contributed by atoms with van der Waals surface area (Å²) in [5, 5.41) is 9.53. The minimum atomic E-state index is 0.406. The number of hydrogen-bond acceptors (Lipinski definition) is 4. The number of aromatic nitrogens is 2. The van der Waals surface area contributed by atoms with E-state index < -0.39 is 0 Å². The first-order valence-corrected chi connectivity index (χ1v) is 5.78. The summed E-state index contributed by atoms with van der Waals surface area (Å²) in [7, 11) is 0. The van der Waals surface area contributed by atoms with Gasteiger partial charge in [-0.2, -0.15) is 0 Å². The van der Waals surface area contributed by atoms with Gasteiger partial charge in [0.1, 0.15) is 17.4 Å². The fourth-order valence-corrected chi connectivity index (χ4v) is 1.89. The molecule has 0 aliphatic heterocycles. The van der Waals surface area contributed by atoms with Crippen molar-refractivity contribution in [2.75, 3.05) is 0 Å². The maximum Gasteiger partial charge on any atom is 0.155 e. The molecule has 5 heteroatoms. The number of benzene rings is 1. The van der Waals surface area contributed by atoms with E-state index in [9.17, 15) is 0 Å². The molecule has 2 aromatic rings. The fraction of sp³-hybridized carbons (Fsp3) is 0.200. The molecule has 0 spiro atoms. The van der Waals surface area contributed by atoms with Crippen molar-refractivity contribution in [2.24, 2.45) is 0 Å². The zero-order valence-electron chi connectivity index (χ0n) is 7.89. The Morgan fingerprint density at radius 2 is 1.87 bits per heavy atom. The minimum Gasteiger partial charge on any atom is -0.486 e. The molecule has 0 saturated carbocycles. The number of nitrogens with zero attached hydrogens (tertiary/aromatic N) is 2. The second kappa shape index (κ2) is 5.09. The lowest BCUT2D eigenvalue weighted by Crippen LogP contribution is -1.94. The van der Waals surface area contributed by atoms with Crippen LogP contribution in [0.1, 0.15) is 10.0 Å². The Kier molecular flexibility index (Phi) is 3.53. The summed E-state index contributed by atoms with van der Waals surface area (Å²) >= 11 is 7.10. The Morgan fingerprint density at radius 3 is 2.53 bits per heavy atom. The Morgan fingerprint density at radius 1 is 1.13 bits per heavy atom. The van der Waals surface area contributed by atoms with Gasteiger partial charge in [-0.3, -0.25) is 0 Å². The van der Waals surface area contributed by atoms with Crippen molar-refractivity contribution in [3.05, 3.63) is 40.3 Å². The van der Waals surface area contributed by atoms with E-state index in [1.165, 1.54) is 11.3 Å². The molecule has 15 heavy (non-hydrogen) atoms. The highest BCUT2D eigenvalue weighted by atomic mass is 35.5. The minimum absolute atomic E-state index is 0.406. The number of rotatable bonds is 4. The second-order valence-electron chi connectivity index (χ2n) is 2.82. The van der Waals surface area contributed by atoms with Crippen molar-refractivity contribution in [1.29, 1.82) is 0 Å². The highest BCUT2D eigenvalue weighted by Gasteiger charge is 2.03. The Balaban J connectivity index is 1.93. The summed E-state index contributed by atoms with van der Waals surface area (Å²) in [6.45, 7) is 0.443. The van der Waals surface area contributed by atoms with Gasteiger partial charge in [-0.25, -0.2) is 0 Å². The van der Waals surface area contributed by atoms with Crippen LogP contribution in [0.2, 0.25) is 0 Å². The molecular formula is C10H9ClN2OS. The average molecular weight is 241 g/mol. The lowest BCUT2D eigenvalue weighted by molar-refractivity contribution is 0.304. The highest BCUT2D eigenvalue weighted by molar-refractivity contribution is 7.11. The molecular weight excluding hydrogens is 232 g/mol. The largest absolute Gasteiger partial charge is 0.486 e. The van der Waals surface area contributed by atoms with Gasteiger partial charge in [-0.05, 0) is 12.1 Å². The van der Waals surface area contributed by atoms with Crippen LogP contribution in [0.25, 0.3) is 0 Å². The standard InChI is InChI=1S/C10H9ClN2OS/c11-6-9-12-13-10(15-9)7-14-8-4-2-1-3-5-8/h1-5H,6-7H2. The number of halogens is 1. The van der Waals surface area contributed by atoms with Gasteiger partial charge < -0.3 is 4.74 Å². The van der Waals surface area contributed by atoms with E-state index >= 15 is 0 Å². The lowest BCUT2D eigenvalue weighted by atomic mass is 10.3. The van der Waals surface area contributed by atoms with E-state index in [0.29, 0.717) is 12.5 Å². The van der Waals surface area contributed by atoms with Crippen molar-refractivity contribution in [3.8, 4) is 5.75 Å². The molecule has 0 aliphatic rings. The number of hydrogen-bond donors (Lipinski definition) is 0. The molecule has 0 aliphatic carbocycles. The molecule has 0 unspecified atom stereocenters. The van der Waals surface area contributed by atoms with Crippen LogP contribution >= 0.6 is 22.9 Å². The molecule has 1 aromatic carbocycles. The molecule has 0 N–H and O–H groups in total. The summed E-state index contributed by atoms with van der Waals surface area (Å²) < 4.78 is 5.51. The van der Waals surface area contributed by atoms with Gasteiger partial charge in [0.05, 0.1) is 5.88 Å². The summed E-state index contributed by atoms with van der Waals surface area (Å²) in [6.07, 6.45) is 0. The number of ether oxygens (including phenoxy) is 1. The molecule has 2 rings (SSSR count). The Labute approximate surface area is 96.7 Å². The molecule has 0 atom stereocenters. The fourth-order valence-electron chi connectivity index (χ4n) is 1.06. The first-order valence-electron chi connectivity index (χ1n) is 4.43. The van der Waals surface area contributed by atoms with Gasteiger partial charge in [0.15, 0.2) is 5.01 Å². The smallest absolute Gasteiger partial charge is 0.155 e. The van der Waals surface area contributed by atoms with Gasteiger partial charge in [0, 0.05) is 0 Å². The average Bonchev–Trinajstić information content (AvgIpc) is 2.76. The van der Waals surface area contributed by atoms with Crippen molar-refractivity contribution in [3.63, 3.8) is 0 Å². The van der Waals surface area contributed by atoms with E-state index in [-0.39, 0.29) is 0 Å². The van der Waals surface area contributed by atoms with Crippen LogP contribution in [-0.2, 0) is 12.5 Å². The topological polar surface area (TPSA) is 35.0 Å². The van der Waals surface area contributed by atoms with Crippen molar-refractivity contribution in [2.45, 2.75) is 12.5 Å². The maximum atomic E-state index is 5.62. The predicted octanol–water partition coefficient (Wildman–Crippen LogP) is 2.86. The third kappa shape index (κ3) is 2.91. The van der Waals surface area contributed by atoms with Crippen LogP contribution in [0.15, 0.2) is 30.3 Å². The summed E-state index contributed by atoms with van der Waals surface area (Å²) in [4.78, 5) is 0. The van der Waals surface area contributed by atoms with E-state index in [1.807, 2.05) is 30.3 Å². The highest BCUT2D eigenvalue weighted by Crippen LogP contribution is 2.15. The zero-order valence-corrected chi connectivity index (χ0v) is 9.46. The van der Waals surface area contributed by atoms with Gasteiger partial charge >= 0.3 is 0 Å². The Hall–Kier alpha value is -1.13. The van der Waals surface area contributed by atoms with Crippen LogP contribution in [-0.4, -0.2) is 10.2 Å². The SMILES string of the molecule is ClCc1nnc(COc2ccccc2)s1. The van der Waals surface area contributed by atoms with Crippen LogP contribution < -0.4 is 4.74 Å². The second-order valence-corrected chi connectivity index (χ2v) is 4.24. The zero-order chi connectivity index (χ0) is 10.5. The normalized spacial score (nSPS) is 10.2. The van der Waals surface area contributed by atoms with E-state index in [2.05, 4.69) is 10.2 Å². The predicted molar refractivity (Wildman–Crippen MR) is 60.2 cm³/mol. The molecule has 0 radical (unpaired) electrons. The molecule has 1 aromatic heterocycles. The lowest BCUT2D eigenvalue weighted by Gasteiger charge is -2.01. The van der Waals surface area contributed by atoms with Crippen LogP contribution in [0.5, 0.6) is 5.75 Å². The summed E-state index contributed by atoms with van der Waals surface area (Å²) in [6, 6.07) is 9.62. The maximum absolute atomic E-state index is 5.62. The van der Waals surface area contributed by atoms with Crippen molar-refractivity contribution >= 4 is 22.9 Å².